The van der Waals surface area contributed by atoms with Gasteiger partial charge in [0.2, 0.25) is 0 Å². The second-order valence-electron chi connectivity index (χ2n) is 12.7. The zero-order chi connectivity index (χ0) is 31.6. The molecule has 0 saturated heterocycles. The quantitative estimate of drug-likeness (QED) is 0.170. The second kappa shape index (κ2) is 10.6. The average molecular weight is 631 g/mol. The Morgan fingerprint density at radius 2 is 1.91 bits per heavy atom. The minimum Gasteiger partial charge on any atom is -0.382 e. The molecule has 0 unspecified atom stereocenters. The lowest BCUT2D eigenvalue weighted by Gasteiger charge is -2.28. The number of benzene rings is 2. The molecule has 0 spiro atoms. The number of halogens is 4. The van der Waals surface area contributed by atoms with Crippen molar-refractivity contribution in [1.82, 2.24) is 25.0 Å². The van der Waals surface area contributed by atoms with Crippen LogP contribution in [-0.4, -0.2) is 37.7 Å². The van der Waals surface area contributed by atoms with Gasteiger partial charge in [0.1, 0.15) is 11.8 Å². The van der Waals surface area contributed by atoms with E-state index in [4.69, 9.17) is 11.6 Å². The highest BCUT2D eigenvalue weighted by Crippen LogP contribution is 2.59. The van der Waals surface area contributed by atoms with Crippen molar-refractivity contribution in [2.24, 2.45) is 11.3 Å². The maximum absolute atomic E-state index is 13.7. The number of nitriles is 1. The first-order valence-corrected chi connectivity index (χ1v) is 15.2. The summed E-state index contributed by atoms with van der Waals surface area (Å²) in [7, 11) is 0. The number of hydrogen-bond donors (Lipinski definition) is 2. The number of hydrogen-bond acceptors (Lipinski definition) is 7. The van der Waals surface area contributed by atoms with Gasteiger partial charge < -0.3 is 10.6 Å². The standard InChI is InChI=1S/C33H30ClF3N8/c1-31(2,33(35,36)37)18-41-28-19(15-38)16-40-29-24(28)13-21(14-25(29)34)42-30(23-5-3-7-26-22(23)6-4-12-39-26)27-17-45(44-43-27)32(10-11-32)20-8-9-20/h3-7,12-14,16-17,20,30,42H,8-11,18H2,1-2H3,(H,40,41)/t30-/m0/s1. The molecule has 2 fully saturated rings. The summed E-state index contributed by atoms with van der Waals surface area (Å²) in [5, 5.41) is 27.2. The summed E-state index contributed by atoms with van der Waals surface area (Å²) < 4.78 is 43.1. The first kappa shape index (κ1) is 29.3. The van der Waals surface area contributed by atoms with Gasteiger partial charge in [-0.15, -0.1) is 5.10 Å². The van der Waals surface area contributed by atoms with Crippen LogP contribution in [0.5, 0.6) is 0 Å². The minimum atomic E-state index is -4.45. The molecule has 0 amide bonds. The van der Waals surface area contributed by atoms with Gasteiger partial charge in [-0.05, 0) is 75.3 Å². The first-order valence-electron chi connectivity index (χ1n) is 14.9. The number of fused-ring (bicyclic) bond motifs is 2. The Bertz CT molecular complexity index is 1970. The summed E-state index contributed by atoms with van der Waals surface area (Å²) in [5.41, 5.74) is 1.75. The normalized spacial score (nSPS) is 16.8. The highest BCUT2D eigenvalue weighted by Gasteiger charge is 2.56. The summed E-state index contributed by atoms with van der Waals surface area (Å²) in [6.45, 7) is 1.78. The van der Waals surface area contributed by atoms with E-state index in [1.165, 1.54) is 19.0 Å². The topological polar surface area (TPSA) is 104 Å². The van der Waals surface area contributed by atoms with Crippen LogP contribution in [0.4, 0.5) is 24.5 Å². The van der Waals surface area contributed by atoms with Crippen LogP contribution in [0.25, 0.3) is 21.8 Å². The predicted molar refractivity (Wildman–Crippen MR) is 167 cm³/mol. The molecule has 2 aromatic carbocycles. The highest BCUT2D eigenvalue weighted by molar-refractivity contribution is 6.35. The van der Waals surface area contributed by atoms with Gasteiger partial charge in [-0.1, -0.05) is 35.0 Å². The van der Waals surface area contributed by atoms with Crippen molar-refractivity contribution in [1.29, 1.82) is 5.26 Å². The maximum atomic E-state index is 13.7. The van der Waals surface area contributed by atoms with Crippen LogP contribution >= 0.6 is 11.6 Å². The molecule has 2 aliphatic carbocycles. The predicted octanol–water partition coefficient (Wildman–Crippen LogP) is 8.00. The molecule has 2 saturated carbocycles. The number of pyridine rings is 2. The van der Waals surface area contributed by atoms with Crippen LogP contribution < -0.4 is 10.6 Å². The van der Waals surface area contributed by atoms with Crippen LogP contribution in [0.3, 0.4) is 0 Å². The lowest BCUT2D eigenvalue weighted by atomic mass is 9.92. The molecule has 1 atom stereocenters. The third-order valence-electron chi connectivity index (χ3n) is 9.18. The van der Waals surface area contributed by atoms with Crippen molar-refractivity contribution in [2.75, 3.05) is 17.2 Å². The number of aromatic nitrogens is 5. The van der Waals surface area contributed by atoms with Crippen LogP contribution in [0.15, 0.2) is 61.1 Å². The molecule has 8 nitrogen and oxygen atoms in total. The molecule has 3 heterocycles. The molecule has 3 aromatic heterocycles. The van der Waals surface area contributed by atoms with E-state index in [-0.39, 0.29) is 21.8 Å². The fraction of sp³-hybridized carbons (Fsp3) is 0.364. The smallest absolute Gasteiger partial charge is 0.382 e. The van der Waals surface area contributed by atoms with Crippen LogP contribution in [0, 0.1) is 22.7 Å². The van der Waals surface area contributed by atoms with Gasteiger partial charge in [0.05, 0.1) is 50.5 Å². The number of rotatable bonds is 9. The average Bonchev–Trinajstić information content (AvgIpc) is 3.95. The van der Waals surface area contributed by atoms with Gasteiger partial charge in [0.15, 0.2) is 0 Å². The van der Waals surface area contributed by atoms with E-state index in [0.717, 1.165) is 43.2 Å². The van der Waals surface area contributed by atoms with E-state index in [2.05, 4.69) is 37.0 Å². The molecular formula is C33H30ClF3N8. The number of anilines is 2. The van der Waals surface area contributed by atoms with E-state index < -0.39 is 24.2 Å². The molecule has 45 heavy (non-hydrogen) atoms. The number of alkyl halides is 3. The van der Waals surface area contributed by atoms with Crippen LogP contribution in [-0.2, 0) is 5.54 Å². The summed E-state index contributed by atoms with van der Waals surface area (Å²) in [6, 6.07) is 14.8. The van der Waals surface area contributed by atoms with Crippen LogP contribution in [0.1, 0.15) is 62.4 Å². The van der Waals surface area contributed by atoms with Crippen molar-refractivity contribution in [3.05, 3.63) is 82.9 Å². The monoisotopic (exact) mass is 630 g/mol. The Morgan fingerprint density at radius 3 is 2.62 bits per heavy atom. The molecule has 2 N–H and O–H groups in total. The van der Waals surface area contributed by atoms with Gasteiger partial charge >= 0.3 is 6.18 Å². The molecule has 2 aliphatic rings. The lowest BCUT2D eigenvalue weighted by molar-refractivity contribution is -0.206. The maximum Gasteiger partial charge on any atom is 0.395 e. The minimum absolute atomic E-state index is 0.0481. The van der Waals surface area contributed by atoms with Crippen molar-refractivity contribution in [3.63, 3.8) is 0 Å². The molecule has 7 rings (SSSR count). The Labute approximate surface area is 262 Å². The molecule has 0 aliphatic heterocycles. The lowest BCUT2D eigenvalue weighted by Crippen LogP contribution is -2.38. The molecule has 12 heteroatoms. The molecule has 0 bridgehead atoms. The number of nitrogens with zero attached hydrogens (tertiary/aromatic N) is 6. The second-order valence-corrected chi connectivity index (χ2v) is 13.1. The van der Waals surface area contributed by atoms with Gasteiger partial charge in [-0.3, -0.25) is 9.97 Å². The van der Waals surface area contributed by atoms with E-state index in [9.17, 15) is 18.4 Å². The van der Waals surface area contributed by atoms with Crippen molar-refractivity contribution >= 4 is 44.8 Å². The van der Waals surface area contributed by atoms with Gasteiger partial charge in [-0.25, -0.2) is 4.68 Å². The highest BCUT2D eigenvalue weighted by atomic mass is 35.5. The SMILES string of the molecule is CC(C)(CNc1c(C#N)cnc2c(Cl)cc(N[C@H](c3cn(C4(C5CC5)CC4)nn3)c3cccc4ncccc34)cc12)C(F)(F)F. The zero-order valence-electron chi connectivity index (χ0n) is 24.7. The van der Waals surface area contributed by atoms with E-state index >= 15 is 0 Å². The summed E-state index contributed by atoms with van der Waals surface area (Å²) in [6.07, 6.45) is 5.22. The van der Waals surface area contributed by atoms with Crippen LogP contribution in [0.2, 0.25) is 5.02 Å². The molecule has 0 radical (unpaired) electrons. The van der Waals surface area contributed by atoms with Crippen molar-refractivity contribution < 1.29 is 13.2 Å². The van der Waals surface area contributed by atoms with Gasteiger partial charge in [0, 0.05) is 35.4 Å². The molecule has 230 valence electrons. The molecular weight excluding hydrogens is 601 g/mol. The Kier molecular flexibility index (Phi) is 6.89. The third kappa shape index (κ3) is 5.21. The summed E-state index contributed by atoms with van der Waals surface area (Å²) >= 11 is 6.74. The number of nitrogens with one attached hydrogen (secondary N) is 2. The molecule has 5 aromatic rings. The Balaban J connectivity index is 1.32. The van der Waals surface area contributed by atoms with Crippen molar-refractivity contribution in [3.8, 4) is 6.07 Å². The third-order valence-corrected chi connectivity index (χ3v) is 9.47. The fourth-order valence-electron chi connectivity index (χ4n) is 6.08. The summed E-state index contributed by atoms with van der Waals surface area (Å²) in [5.74, 6) is 0.634. The largest absolute Gasteiger partial charge is 0.395 e. The Hall–Kier alpha value is -4.43. The van der Waals surface area contributed by atoms with E-state index in [0.29, 0.717) is 28.2 Å². The van der Waals surface area contributed by atoms with E-state index in [1.807, 2.05) is 41.2 Å². The summed E-state index contributed by atoms with van der Waals surface area (Å²) in [4.78, 5) is 8.90. The van der Waals surface area contributed by atoms with E-state index in [1.54, 1.807) is 18.3 Å². The first-order chi connectivity index (χ1) is 21.5. The van der Waals surface area contributed by atoms with Gasteiger partial charge in [0.25, 0.3) is 0 Å². The van der Waals surface area contributed by atoms with Gasteiger partial charge in [-0.2, -0.15) is 18.4 Å². The van der Waals surface area contributed by atoms with Crippen molar-refractivity contribution in [2.45, 2.75) is 57.3 Å². The Morgan fingerprint density at radius 1 is 1.11 bits per heavy atom. The fourth-order valence-corrected chi connectivity index (χ4v) is 6.35. The zero-order valence-corrected chi connectivity index (χ0v) is 25.4.